The number of alkyl halides is 2. The lowest BCUT2D eigenvalue weighted by Crippen LogP contribution is -2.19. The first-order valence-corrected chi connectivity index (χ1v) is 5.06. The highest BCUT2D eigenvalue weighted by atomic mass is 19.3. The lowest BCUT2D eigenvalue weighted by Gasteiger charge is -2.15. The third-order valence-electron chi connectivity index (χ3n) is 2.20. The molecule has 14 heavy (non-hydrogen) atoms. The van der Waals surface area contributed by atoms with Crippen molar-refractivity contribution in [1.82, 2.24) is 0 Å². The molecule has 0 fully saturated rings. The van der Waals surface area contributed by atoms with Crippen molar-refractivity contribution in [3.05, 3.63) is 35.9 Å². The van der Waals surface area contributed by atoms with Gasteiger partial charge in [0.15, 0.2) is 0 Å². The zero-order chi connectivity index (χ0) is 10.4. The molecule has 0 nitrogen and oxygen atoms in total. The van der Waals surface area contributed by atoms with Gasteiger partial charge in [-0.3, -0.25) is 0 Å². The minimum absolute atomic E-state index is 0.00159. The molecule has 0 saturated heterocycles. The van der Waals surface area contributed by atoms with Crippen LogP contribution in [0.4, 0.5) is 8.78 Å². The lowest BCUT2D eigenvalue weighted by molar-refractivity contribution is -0.00908. The third-order valence-corrected chi connectivity index (χ3v) is 2.20. The maximum absolute atomic E-state index is 13.3. The smallest absolute Gasteiger partial charge is 0.207 e. The first-order chi connectivity index (χ1) is 6.64. The number of unbranched alkanes of at least 4 members (excludes halogenated alkanes) is 1. The fourth-order valence-electron chi connectivity index (χ4n) is 1.42. The predicted molar refractivity (Wildman–Crippen MR) is 54.6 cm³/mol. The molecule has 0 saturated carbocycles. The van der Waals surface area contributed by atoms with Crippen LogP contribution in [0.15, 0.2) is 30.3 Å². The Kier molecular flexibility index (Phi) is 4.05. The van der Waals surface area contributed by atoms with E-state index in [0.29, 0.717) is 12.0 Å². The maximum Gasteiger partial charge on any atom is 0.252 e. The van der Waals surface area contributed by atoms with Crippen LogP contribution in [0.25, 0.3) is 0 Å². The van der Waals surface area contributed by atoms with Crippen molar-refractivity contribution in [2.75, 3.05) is 0 Å². The Balaban J connectivity index is 2.50. The molecule has 0 atom stereocenters. The van der Waals surface area contributed by atoms with Gasteiger partial charge in [-0.1, -0.05) is 43.7 Å². The molecular weight excluding hydrogens is 182 g/mol. The molecule has 0 amide bonds. The normalized spacial score (nSPS) is 11.6. The summed E-state index contributed by atoms with van der Waals surface area (Å²) >= 11 is 0. The molecule has 0 unspecified atom stereocenters. The van der Waals surface area contributed by atoms with Crippen molar-refractivity contribution in [3.63, 3.8) is 0 Å². The molecule has 0 aliphatic carbocycles. The zero-order valence-electron chi connectivity index (χ0n) is 8.47. The van der Waals surface area contributed by atoms with Crippen LogP contribution in [-0.2, 0) is 6.42 Å². The molecule has 2 heteroatoms. The van der Waals surface area contributed by atoms with Gasteiger partial charge in [-0.15, -0.1) is 0 Å². The van der Waals surface area contributed by atoms with Crippen molar-refractivity contribution >= 4 is 0 Å². The molecule has 1 aromatic carbocycles. The minimum Gasteiger partial charge on any atom is -0.207 e. The molecule has 0 N–H and O–H groups in total. The highest BCUT2D eigenvalue weighted by molar-refractivity contribution is 5.16. The van der Waals surface area contributed by atoms with Crippen LogP contribution in [0.1, 0.15) is 31.7 Å². The van der Waals surface area contributed by atoms with Crippen LogP contribution < -0.4 is 0 Å². The molecule has 0 radical (unpaired) electrons. The van der Waals surface area contributed by atoms with E-state index >= 15 is 0 Å². The number of hydrogen-bond acceptors (Lipinski definition) is 0. The highest BCUT2D eigenvalue weighted by Gasteiger charge is 2.27. The van der Waals surface area contributed by atoms with E-state index in [0.717, 1.165) is 6.42 Å². The zero-order valence-corrected chi connectivity index (χ0v) is 8.47. The average Bonchev–Trinajstić information content (AvgIpc) is 2.16. The molecule has 0 spiro atoms. The second-order valence-electron chi connectivity index (χ2n) is 3.62. The number of halogens is 2. The van der Waals surface area contributed by atoms with Crippen LogP contribution in [0.5, 0.6) is 0 Å². The first-order valence-electron chi connectivity index (χ1n) is 5.06. The number of hydrogen-bond donors (Lipinski definition) is 0. The minimum atomic E-state index is -2.54. The fourth-order valence-corrected chi connectivity index (χ4v) is 1.42. The van der Waals surface area contributed by atoms with Crippen molar-refractivity contribution in [2.24, 2.45) is 0 Å². The summed E-state index contributed by atoms with van der Waals surface area (Å²) in [7, 11) is 0. The van der Waals surface area contributed by atoms with Gasteiger partial charge in [0.1, 0.15) is 0 Å². The van der Waals surface area contributed by atoms with Crippen LogP contribution in [0, 0.1) is 0 Å². The van der Waals surface area contributed by atoms with Gasteiger partial charge in [-0.05, 0) is 12.0 Å². The van der Waals surface area contributed by atoms with E-state index in [2.05, 4.69) is 0 Å². The van der Waals surface area contributed by atoms with Gasteiger partial charge in [-0.25, -0.2) is 8.78 Å². The van der Waals surface area contributed by atoms with Crippen LogP contribution in [0.2, 0.25) is 0 Å². The van der Waals surface area contributed by atoms with E-state index in [1.54, 1.807) is 24.3 Å². The van der Waals surface area contributed by atoms with Crippen LogP contribution in [-0.4, -0.2) is 5.92 Å². The third kappa shape index (κ3) is 3.86. The summed E-state index contributed by atoms with van der Waals surface area (Å²) in [6, 6.07) is 8.93. The molecule has 1 aromatic rings. The van der Waals surface area contributed by atoms with E-state index in [1.807, 2.05) is 13.0 Å². The van der Waals surface area contributed by atoms with Gasteiger partial charge in [0.2, 0.25) is 0 Å². The van der Waals surface area contributed by atoms with Gasteiger partial charge in [0.05, 0.1) is 0 Å². The second-order valence-corrected chi connectivity index (χ2v) is 3.62. The van der Waals surface area contributed by atoms with Gasteiger partial charge >= 0.3 is 0 Å². The first kappa shape index (κ1) is 11.2. The summed E-state index contributed by atoms with van der Waals surface area (Å²) in [4.78, 5) is 0. The Morgan fingerprint density at radius 1 is 1.14 bits per heavy atom. The summed E-state index contributed by atoms with van der Waals surface area (Å²) in [6.07, 6.45) is 1.29. The average molecular weight is 198 g/mol. The molecular formula is C12H16F2. The van der Waals surface area contributed by atoms with E-state index < -0.39 is 5.92 Å². The Bertz CT molecular complexity index is 254. The van der Waals surface area contributed by atoms with E-state index in [4.69, 9.17) is 0 Å². The summed E-state index contributed by atoms with van der Waals surface area (Å²) in [5.41, 5.74) is 0.716. The van der Waals surface area contributed by atoms with Crippen molar-refractivity contribution in [3.8, 4) is 0 Å². The predicted octanol–water partition coefficient (Wildman–Crippen LogP) is 4.05. The molecule has 0 aliphatic rings. The monoisotopic (exact) mass is 198 g/mol. The summed E-state index contributed by atoms with van der Waals surface area (Å²) in [6.45, 7) is 1.93. The van der Waals surface area contributed by atoms with Gasteiger partial charge in [-0.2, -0.15) is 0 Å². The Labute approximate surface area is 84.0 Å². The van der Waals surface area contributed by atoms with E-state index in [1.165, 1.54) is 0 Å². The lowest BCUT2D eigenvalue weighted by atomic mass is 10.0. The fraction of sp³-hybridized carbons (Fsp3) is 0.500. The summed E-state index contributed by atoms with van der Waals surface area (Å²) < 4.78 is 26.6. The Morgan fingerprint density at radius 3 is 2.36 bits per heavy atom. The Hall–Kier alpha value is -0.920. The standard InChI is InChI=1S/C12H16F2/c1-2-3-9-12(13,14)10-11-7-5-4-6-8-11/h4-8H,2-3,9-10H2,1H3. The molecule has 0 bridgehead atoms. The Morgan fingerprint density at radius 2 is 1.79 bits per heavy atom. The molecule has 1 rings (SSSR count). The van der Waals surface area contributed by atoms with Gasteiger partial charge < -0.3 is 0 Å². The van der Waals surface area contributed by atoms with E-state index in [-0.39, 0.29) is 12.8 Å². The second kappa shape index (κ2) is 5.08. The molecule has 0 aromatic heterocycles. The van der Waals surface area contributed by atoms with Crippen LogP contribution in [0.3, 0.4) is 0 Å². The van der Waals surface area contributed by atoms with Gasteiger partial charge in [0.25, 0.3) is 5.92 Å². The topological polar surface area (TPSA) is 0 Å². The molecule has 0 aliphatic heterocycles. The molecule has 78 valence electrons. The molecule has 0 heterocycles. The largest absolute Gasteiger partial charge is 0.252 e. The quantitative estimate of drug-likeness (QED) is 0.669. The number of benzene rings is 1. The highest BCUT2D eigenvalue weighted by Crippen LogP contribution is 2.25. The van der Waals surface area contributed by atoms with Gasteiger partial charge in [0, 0.05) is 12.8 Å². The maximum atomic E-state index is 13.3. The van der Waals surface area contributed by atoms with Crippen LogP contribution >= 0.6 is 0 Å². The SMILES string of the molecule is CCCCC(F)(F)Cc1ccccc1. The van der Waals surface area contributed by atoms with Crippen molar-refractivity contribution in [1.29, 1.82) is 0 Å². The summed E-state index contributed by atoms with van der Waals surface area (Å²) in [5, 5.41) is 0. The van der Waals surface area contributed by atoms with Crippen molar-refractivity contribution < 1.29 is 8.78 Å². The van der Waals surface area contributed by atoms with Crippen molar-refractivity contribution in [2.45, 2.75) is 38.5 Å². The van der Waals surface area contributed by atoms with E-state index in [9.17, 15) is 8.78 Å². The number of rotatable bonds is 5. The summed E-state index contributed by atoms with van der Waals surface area (Å²) in [5.74, 6) is -2.54.